The van der Waals surface area contributed by atoms with Gasteiger partial charge in [0.15, 0.2) is 0 Å². The van der Waals surface area contributed by atoms with Crippen molar-refractivity contribution in [3.63, 3.8) is 0 Å². The van der Waals surface area contributed by atoms with Crippen molar-refractivity contribution >= 4 is 28.3 Å². The number of ether oxygens (including phenoxy) is 1. The van der Waals surface area contributed by atoms with Gasteiger partial charge < -0.3 is 10.5 Å². The van der Waals surface area contributed by atoms with E-state index in [1.54, 1.807) is 13.3 Å². The molecule has 1 atom stereocenters. The van der Waals surface area contributed by atoms with E-state index in [2.05, 4.69) is 20.9 Å². The lowest BCUT2D eigenvalue weighted by molar-refractivity contribution is 0.187. The molecule has 0 amide bonds. The van der Waals surface area contributed by atoms with Crippen LogP contribution in [0.5, 0.6) is 0 Å². The molecule has 0 fully saturated rings. The van der Waals surface area contributed by atoms with Crippen LogP contribution in [-0.4, -0.2) is 18.7 Å². The van der Waals surface area contributed by atoms with E-state index in [0.717, 1.165) is 16.6 Å². The largest absolute Gasteiger partial charge is 0.385 e. The van der Waals surface area contributed by atoms with Gasteiger partial charge >= 0.3 is 0 Å². The molecule has 0 saturated carbocycles. The van der Waals surface area contributed by atoms with Crippen LogP contribution in [0.15, 0.2) is 22.8 Å². The van der Waals surface area contributed by atoms with Gasteiger partial charge in [0, 0.05) is 30.4 Å². The van der Waals surface area contributed by atoms with Gasteiger partial charge in [-0.1, -0.05) is 15.9 Å². The second-order valence-electron chi connectivity index (χ2n) is 2.79. The average Bonchev–Trinajstić information content (AvgIpc) is 2.14. The zero-order valence-electron chi connectivity index (χ0n) is 7.94. The normalized spacial score (nSPS) is 11.9. The third-order valence-electron chi connectivity index (χ3n) is 1.76. The lowest BCUT2D eigenvalue weighted by Gasteiger charge is -2.09. The van der Waals surface area contributed by atoms with Crippen molar-refractivity contribution in [3.05, 3.63) is 28.5 Å². The van der Waals surface area contributed by atoms with E-state index < -0.39 is 0 Å². The van der Waals surface area contributed by atoms with Crippen LogP contribution in [0.4, 0.5) is 0 Å². The van der Waals surface area contributed by atoms with E-state index in [1.165, 1.54) is 0 Å². The molecule has 80 valence electrons. The highest BCUT2D eigenvalue weighted by molar-refractivity contribution is 9.10. The number of nitrogens with two attached hydrogens (primary N) is 1. The molecule has 3 nitrogen and oxygen atoms in total. The minimum Gasteiger partial charge on any atom is -0.385 e. The van der Waals surface area contributed by atoms with Crippen molar-refractivity contribution in [2.75, 3.05) is 13.7 Å². The molecule has 0 aliphatic heterocycles. The Morgan fingerprint density at radius 3 is 2.93 bits per heavy atom. The maximum absolute atomic E-state index is 5.89. The highest BCUT2D eigenvalue weighted by Crippen LogP contribution is 2.15. The first kappa shape index (κ1) is 13.8. The minimum atomic E-state index is -0.0440. The lowest BCUT2D eigenvalue weighted by Crippen LogP contribution is -2.14. The van der Waals surface area contributed by atoms with Crippen LogP contribution in [0.3, 0.4) is 0 Å². The molecular formula is C9H14BrClN2O. The molecule has 1 aromatic rings. The summed E-state index contributed by atoms with van der Waals surface area (Å²) in [6.45, 7) is 0.662. The van der Waals surface area contributed by atoms with Crippen LogP contribution in [0, 0.1) is 0 Å². The Kier molecular flexibility index (Phi) is 7.09. The van der Waals surface area contributed by atoms with Gasteiger partial charge in [-0.05, 0) is 18.6 Å². The molecule has 0 aliphatic carbocycles. The maximum Gasteiger partial charge on any atom is 0.0583 e. The molecule has 0 bridgehead atoms. The van der Waals surface area contributed by atoms with E-state index in [-0.39, 0.29) is 18.4 Å². The smallest absolute Gasteiger partial charge is 0.0583 e. The Labute approximate surface area is 98.6 Å². The summed E-state index contributed by atoms with van der Waals surface area (Å²) in [5.74, 6) is 0. The zero-order valence-corrected chi connectivity index (χ0v) is 10.3. The van der Waals surface area contributed by atoms with Crippen LogP contribution < -0.4 is 5.73 Å². The SMILES string of the molecule is COCCC(N)c1cc(Br)ccn1.Cl. The molecule has 2 N–H and O–H groups in total. The summed E-state index contributed by atoms with van der Waals surface area (Å²) in [4.78, 5) is 4.18. The summed E-state index contributed by atoms with van der Waals surface area (Å²) in [6.07, 6.45) is 2.53. The highest BCUT2D eigenvalue weighted by Gasteiger charge is 2.06. The van der Waals surface area contributed by atoms with Gasteiger partial charge in [0.05, 0.1) is 5.69 Å². The Hall–Kier alpha value is -0.160. The zero-order chi connectivity index (χ0) is 9.68. The minimum absolute atomic E-state index is 0. The van der Waals surface area contributed by atoms with E-state index >= 15 is 0 Å². The van der Waals surface area contributed by atoms with Crippen molar-refractivity contribution < 1.29 is 4.74 Å². The standard InChI is InChI=1S/C9H13BrN2O.ClH/c1-13-5-3-8(11)9-6-7(10)2-4-12-9;/h2,4,6,8H,3,5,11H2,1H3;1H. The van der Waals surface area contributed by atoms with Crippen molar-refractivity contribution in [1.29, 1.82) is 0 Å². The van der Waals surface area contributed by atoms with Crippen LogP contribution >= 0.6 is 28.3 Å². The lowest BCUT2D eigenvalue weighted by atomic mass is 10.1. The summed E-state index contributed by atoms with van der Waals surface area (Å²) >= 11 is 3.37. The molecule has 0 aliphatic rings. The fourth-order valence-corrected chi connectivity index (χ4v) is 1.37. The first-order valence-electron chi connectivity index (χ1n) is 4.10. The summed E-state index contributed by atoms with van der Waals surface area (Å²) in [7, 11) is 1.67. The number of nitrogens with zero attached hydrogens (tertiary/aromatic N) is 1. The fraction of sp³-hybridized carbons (Fsp3) is 0.444. The summed E-state index contributed by atoms with van der Waals surface area (Å²) in [5.41, 5.74) is 6.78. The number of hydrogen-bond donors (Lipinski definition) is 1. The van der Waals surface area contributed by atoms with Crippen molar-refractivity contribution in [2.24, 2.45) is 5.73 Å². The Morgan fingerprint density at radius 1 is 1.64 bits per heavy atom. The molecule has 14 heavy (non-hydrogen) atoms. The van der Waals surface area contributed by atoms with Crippen LogP contribution in [0.25, 0.3) is 0 Å². The van der Waals surface area contributed by atoms with Crippen molar-refractivity contribution in [2.45, 2.75) is 12.5 Å². The molecule has 1 rings (SSSR count). The molecule has 0 spiro atoms. The maximum atomic E-state index is 5.89. The first-order valence-corrected chi connectivity index (χ1v) is 4.89. The van der Waals surface area contributed by atoms with Gasteiger partial charge in [-0.25, -0.2) is 0 Å². The monoisotopic (exact) mass is 280 g/mol. The Balaban J connectivity index is 0.00000169. The van der Waals surface area contributed by atoms with E-state index in [4.69, 9.17) is 10.5 Å². The number of halogens is 2. The van der Waals surface area contributed by atoms with E-state index in [9.17, 15) is 0 Å². The predicted molar refractivity (Wildman–Crippen MR) is 62.6 cm³/mol. The van der Waals surface area contributed by atoms with Gasteiger partial charge in [-0.3, -0.25) is 4.98 Å². The number of hydrogen-bond acceptors (Lipinski definition) is 3. The van der Waals surface area contributed by atoms with Gasteiger partial charge in [-0.15, -0.1) is 12.4 Å². The quantitative estimate of drug-likeness (QED) is 0.921. The van der Waals surface area contributed by atoms with Crippen LogP contribution in [0.1, 0.15) is 18.2 Å². The van der Waals surface area contributed by atoms with E-state index in [1.807, 2.05) is 12.1 Å². The highest BCUT2D eigenvalue weighted by atomic mass is 79.9. The summed E-state index contributed by atoms with van der Waals surface area (Å²) < 4.78 is 5.95. The number of aromatic nitrogens is 1. The van der Waals surface area contributed by atoms with Crippen molar-refractivity contribution in [3.8, 4) is 0 Å². The van der Waals surface area contributed by atoms with Gasteiger partial charge in [0.25, 0.3) is 0 Å². The second-order valence-corrected chi connectivity index (χ2v) is 3.70. The van der Waals surface area contributed by atoms with Gasteiger partial charge in [0.2, 0.25) is 0 Å². The third-order valence-corrected chi connectivity index (χ3v) is 2.25. The van der Waals surface area contributed by atoms with Crippen molar-refractivity contribution in [1.82, 2.24) is 4.98 Å². The number of rotatable bonds is 4. The molecule has 1 heterocycles. The molecule has 0 saturated heterocycles. The average molecular weight is 282 g/mol. The molecule has 1 unspecified atom stereocenters. The topological polar surface area (TPSA) is 48.1 Å². The predicted octanol–water partition coefficient (Wildman–Crippen LogP) is 2.30. The summed E-state index contributed by atoms with van der Waals surface area (Å²) in [5, 5.41) is 0. The van der Waals surface area contributed by atoms with Crippen LogP contribution in [0.2, 0.25) is 0 Å². The fourth-order valence-electron chi connectivity index (χ4n) is 1.02. The van der Waals surface area contributed by atoms with E-state index in [0.29, 0.717) is 6.61 Å². The Morgan fingerprint density at radius 2 is 2.36 bits per heavy atom. The third kappa shape index (κ3) is 4.37. The van der Waals surface area contributed by atoms with Crippen LogP contribution in [-0.2, 0) is 4.74 Å². The van der Waals surface area contributed by atoms with Gasteiger partial charge in [-0.2, -0.15) is 0 Å². The molecule has 5 heteroatoms. The molecular weight excluding hydrogens is 267 g/mol. The molecule has 1 aromatic heterocycles. The van der Waals surface area contributed by atoms with Gasteiger partial charge in [0.1, 0.15) is 0 Å². The molecule has 0 aromatic carbocycles. The number of methoxy groups -OCH3 is 1. The first-order chi connectivity index (χ1) is 6.24. The second kappa shape index (κ2) is 7.17. The number of pyridine rings is 1. The Bertz CT molecular complexity index is 273. The molecule has 0 radical (unpaired) electrons. The summed E-state index contributed by atoms with van der Waals surface area (Å²) in [6, 6.07) is 3.77.